The van der Waals surface area contributed by atoms with Crippen LogP contribution < -0.4 is 4.74 Å². The highest BCUT2D eigenvalue weighted by Crippen LogP contribution is 2.24. The molecule has 2 aromatic carbocycles. The van der Waals surface area contributed by atoms with Crippen LogP contribution in [0.25, 0.3) is 17.0 Å². The summed E-state index contributed by atoms with van der Waals surface area (Å²) >= 11 is 0. The van der Waals surface area contributed by atoms with Gasteiger partial charge in [-0.15, -0.1) is 0 Å². The molecule has 2 heterocycles. The van der Waals surface area contributed by atoms with Gasteiger partial charge in [0, 0.05) is 41.3 Å². The quantitative estimate of drug-likeness (QED) is 0.411. The second-order valence-electron chi connectivity index (χ2n) is 8.55. The van der Waals surface area contributed by atoms with Crippen LogP contribution in [0.2, 0.25) is 0 Å². The summed E-state index contributed by atoms with van der Waals surface area (Å²) in [6, 6.07) is 15.3. The van der Waals surface area contributed by atoms with Crippen LogP contribution in [0.1, 0.15) is 41.6 Å². The van der Waals surface area contributed by atoms with Gasteiger partial charge in [0.2, 0.25) is 0 Å². The van der Waals surface area contributed by atoms with Crippen molar-refractivity contribution in [3.8, 4) is 5.75 Å². The maximum atomic E-state index is 12.6. The van der Waals surface area contributed by atoms with Crippen molar-refractivity contribution < 1.29 is 14.6 Å². The number of hydrogen-bond donors (Lipinski definition) is 1. The van der Waals surface area contributed by atoms with Crippen molar-refractivity contribution >= 4 is 22.8 Å². The predicted molar refractivity (Wildman–Crippen MR) is 129 cm³/mol. The summed E-state index contributed by atoms with van der Waals surface area (Å²) in [7, 11) is 1.61. The summed E-state index contributed by atoms with van der Waals surface area (Å²) in [5.74, 6) is 0.679. The highest BCUT2D eigenvalue weighted by molar-refractivity contribution is 6.07. The number of β-amino-alcohol motifs (C(OH)–C–C–N with tert-alkyl or cyclic N) is 1. The van der Waals surface area contributed by atoms with Crippen molar-refractivity contribution in [3.63, 3.8) is 0 Å². The smallest absolute Gasteiger partial charge is 0.185 e. The van der Waals surface area contributed by atoms with Gasteiger partial charge in [0.1, 0.15) is 5.75 Å². The van der Waals surface area contributed by atoms with Crippen molar-refractivity contribution in [2.75, 3.05) is 26.7 Å². The van der Waals surface area contributed by atoms with Gasteiger partial charge in [0.15, 0.2) is 5.78 Å². The van der Waals surface area contributed by atoms with E-state index in [9.17, 15) is 9.90 Å². The number of ether oxygens (including phenoxy) is 1. The van der Waals surface area contributed by atoms with E-state index in [4.69, 9.17) is 4.74 Å². The van der Waals surface area contributed by atoms with Crippen LogP contribution in [0.4, 0.5) is 0 Å². The molecular formula is C27H32N2O3. The van der Waals surface area contributed by atoms with Gasteiger partial charge in [-0.3, -0.25) is 4.79 Å². The van der Waals surface area contributed by atoms with E-state index in [2.05, 4.69) is 21.6 Å². The number of carbonyl (C=O) groups excluding carboxylic acids is 1. The van der Waals surface area contributed by atoms with Gasteiger partial charge in [0.25, 0.3) is 0 Å². The van der Waals surface area contributed by atoms with Crippen molar-refractivity contribution in [1.29, 1.82) is 0 Å². The Labute approximate surface area is 189 Å². The normalized spacial score (nSPS) is 16.3. The Morgan fingerprint density at radius 1 is 1.03 bits per heavy atom. The van der Waals surface area contributed by atoms with E-state index in [1.54, 1.807) is 37.5 Å². The van der Waals surface area contributed by atoms with E-state index in [0.717, 1.165) is 35.3 Å². The molecule has 5 nitrogen and oxygen atoms in total. The topological polar surface area (TPSA) is 54.7 Å². The minimum absolute atomic E-state index is 0.0503. The molecule has 1 aliphatic heterocycles. The number of aromatic nitrogens is 1. The number of allylic oxidation sites excluding steroid dienone is 1. The van der Waals surface area contributed by atoms with E-state index in [0.29, 0.717) is 18.7 Å². The lowest BCUT2D eigenvalue weighted by Gasteiger charge is -2.23. The largest absolute Gasteiger partial charge is 0.497 e. The Bertz CT molecular complexity index is 1060. The van der Waals surface area contributed by atoms with Crippen molar-refractivity contribution in [3.05, 3.63) is 71.9 Å². The van der Waals surface area contributed by atoms with Gasteiger partial charge < -0.3 is 19.3 Å². The first-order valence-electron chi connectivity index (χ1n) is 11.5. The monoisotopic (exact) mass is 432 g/mol. The molecule has 1 fully saturated rings. The number of carbonyl (C=O) groups is 1. The van der Waals surface area contributed by atoms with E-state index < -0.39 is 6.10 Å². The molecule has 3 aromatic rings. The molecule has 0 radical (unpaired) electrons. The third-order valence-corrected chi connectivity index (χ3v) is 6.18. The van der Waals surface area contributed by atoms with Crippen molar-refractivity contribution in [2.45, 2.75) is 38.3 Å². The maximum absolute atomic E-state index is 12.6. The standard InChI is InChI=1S/C27H32N2O3/c1-32-24-13-10-21(11-14-24)27(31)15-12-22-18-29(26-9-5-4-8-25(22)26)20-23(30)19-28-16-6-2-3-7-17-28/h4-5,8-15,18,23,30H,2-3,6-7,16-17,19-20H2,1H3/b15-12-/t23-/m0/s1. The molecule has 0 bridgehead atoms. The van der Waals surface area contributed by atoms with Gasteiger partial charge in [-0.05, 0) is 68.4 Å². The van der Waals surface area contributed by atoms with Crippen LogP contribution in [0, 0.1) is 0 Å². The molecular weight excluding hydrogens is 400 g/mol. The van der Waals surface area contributed by atoms with Gasteiger partial charge in [-0.25, -0.2) is 0 Å². The minimum atomic E-state index is -0.429. The lowest BCUT2D eigenvalue weighted by molar-refractivity contribution is 0.101. The predicted octanol–water partition coefficient (Wildman–Crippen LogP) is 4.78. The number of benzene rings is 2. The van der Waals surface area contributed by atoms with Gasteiger partial charge >= 0.3 is 0 Å². The van der Waals surface area contributed by atoms with Crippen LogP contribution in [-0.4, -0.2) is 53.2 Å². The summed E-state index contributed by atoms with van der Waals surface area (Å²) < 4.78 is 7.27. The number of methoxy groups -OCH3 is 1. The van der Waals surface area contributed by atoms with Crippen LogP contribution in [0.3, 0.4) is 0 Å². The number of nitrogens with zero attached hydrogens (tertiary/aromatic N) is 2. The second-order valence-corrected chi connectivity index (χ2v) is 8.55. The summed E-state index contributed by atoms with van der Waals surface area (Å²) in [4.78, 5) is 15.0. The summed E-state index contributed by atoms with van der Waals surface area (Å²) in [6.45, 7) is 3.39. The Hall–Kier alpha value is -2.89. The first kappa shape index (κ1) is 22.3. The Balaban J connectivity index is 1.49. The molecule has 0 spiro atoms. The molecule has 0 saturated carbocycles. The first-order chi connectivity index (χ1) is 15.6. The molecule has 0 aliphatic carbocycles. The number of rotatable bonds is 8. The molecule has 4 rings (SSSR count). The minimum Gasteiger partial charge on any atom is -0.497 e. The zero-order chi connectivity index (χ0) is 22.3. The van der Waals surface area contributed by atoms with Gasteiger partial charge in [0.05, 0.1) is 13.2 Å². The Morgan fingerprint density at radius 3 is 2.47 bits per heavy atom. The Kier molecular flexibility index (Phi) is 7.40. The highest BCUT2D eigenvalue weighted by atomic mass is 16.5. The number of aliphatic hydroxyl groups is 1. The van der Waals surface area contributed by atoms with E-state index >= 15 is 0 Å². The molecule has 5 heteroatoms. The van der Waals surface area contributed by atoms with Crippen molar-refractivity contribution in [2.24, 2.45) is 0 Å². The summed E-state index contributed by atoms with van der Waals surface area (Å²) in [5.41, 5.74) is 2.67. The number of hydrogen-bond acceptors (Lipinski definition) is 4. The second kappa shape index (κ2) is 10.6. The lowest BCUT2D eigenvalue weighted by Crippen LogP contribution is -2.35. The van der Waals surface area contributed by atoms with Crippen LogP contribution in [0.15, 0.2) is 60.8 Å². The van der Waals surface area contributed by atoms with Crippen LogP contribution in [-0.2, 0) is 6.54 Å². The number of aliphatic hydroxyl groups excluding tert-OH is 1. The molecule has 1 aromatic heterocycles. The fraction of sp³-hybridized carbons (Fsp3) is 0.370. The summed E-state index contributed by atoms with van der Waals surface area (Å²) in [5, 5.41) is 11.9. The molecule has 1 aliphatic rings. The third-order valence-electron chi connectivity index (χ3n) is 6.18. The van der Waals surface area contributed by atoms with Crippen molar-refractivity contribution in [1.82, 2.24) is 9.47 Å². The SMILES string of the molecule is COc1ccc(C(=O)/C=C\c2cn(C[C@@H](O)CN3CCCCCC3)c3ccccc23)cc1. The highest BCUT2D eigenvalue weighted by Gasteiger charge is 2.16. The average Bonchev–Trinajstić information content (AvgIpc) is 2.97. The van der Waals surface area contributed by atoms with E-state index in [1.807, 2.05) is 24.4 Å². The molecule has 0 unspecified atom stereocenters. The molecule has 32 heavy (non-hydrogen) atoms. The van der Waals surface area contributed by atoms with Gasteiger partial charge in [-0.1, -0.05) is 31.0 Å². The maximum Gasteiger partial charge on any atom is 0.185 e. The fourth-order valence-electron chi connectivity index (χ4n) is 4.48. The molecule has 1 saturated heterocycles. The lowest BCUT2D eigenvalue weighted by atomic mass is 10.1. The first-order valence-corrected chi connectivity index (χ1v) is 11.5. The number of fused-ring (bicyclic) bond motifs is 1. The fourth-order valence-corrected chi connectivity index (χ4v) is 4.48. The van der Waals surface area contributed by atoms with E-state index in [1.165, 1.54) is 25.7 Å². The molecule has 168 valence electrons. The molecule has 1 N–H and O–H groups in total. The van der Waals surface area contributed by atoms with Gasteiger partial charge in [-0.2, -0.15) is 0 Å². The summed E-state index contributed by atoms with van der Waals surface area (Å²) in [6.07, 6.45) is 10.1. The third kappa shape index (κ3) is 5.47. The van der Waals surface area contributed by atoms with E-state index in [-0.39, 0.29) is 5.78 Å². The number of likely N-dealkylation sites (tertiary alicyclic amines) is 1. The van der Waals surface area contributed by atoms with Crippen LogP contribution >= 0.6 is 0 Å². The molecule has 0 amide bonds. The Morgan fingerprint density at radius 2 is 1.75 bits per heavy atom. The number of para-hydroxylation sites is 1. The zero-order valence-electron chi connectivity index (χ0n) is 18.7. The van der Waals surface area contributed by atoms with Crippen LogP contribution in [0.5, 0.6) is 5.75 Å². The average molecular weight is 433 g/mol. The zero-order valence-corrected chi connectivity index (χ0v) is 18.7. The number of ketones is 1. The molecule has 1 atom stereocenters.